The van der Waals surface area contributed by atoms with Crippen molar-refractivity contribution in [3.05, 3.63) is 53.9 Å². The lowest BCUT2D eigenvalue weighted by molar-refractivity contribution is 0.0222. The highest BCUT2D eigenvalue weighted by Gasteiger charge is 2.26. The third kappa shape index (κ3) is 6.87. The van der Waals surface area contributed by atoms with Crippen LogP contribution < -0.4 is 15.4 Å². The molecule has 0 aliphatic carbocycles. The molecule has 0 fully saturated rings. The van der Waals surface area contributed by atoms with Gasteiger partial charge in [0.1, 0.15) is 17.5 Å². The highest BCUT2D eigenvalue weighted by atomic mass is 16.6. The van der Waals surface area contributed by atoms with E-state index in [1.165, 1.54) is 0 Å². The zero-order valence-corrected chi connectivity index (χ0v) is 18.5. The van der Waals surface area contributed by atoms with Crippen LogP contribution in [-0.2, 0) is 17.7 Å². The Balaban J connectivity index is 1.52. The molecule has 2 aromatic rings. The smallest absolute Gasteiger partial charge is 0.410 e. The second-order valence-electron chi connectivity index (χ2n) is 8.56. The average molecular weight is 427 g/mol. The summed E-state index contributed by atoms with van der Waals surface area (Å²) in [5, 5.41) is 5.59. The number of rotatable bonds is 5. The molecule has 1 atom stereocenters. The van der Waals surface area contributed by atoms with Crippen molar-refractivity contribution >= 4 is 17.8 Å². The number of urea groups is 1. The van der Waals surface area contributed by atoms with E-state index in [4.69, 9.17) is 9.47 Å². The van der Waals surface area contributed by atoms with Crippen LogP contribution in [0.5, 0.6) is 5.75 Å². The minimum atomic E-state index is -0.543. The number of hydrogen-bond donors (Lipinski definition) is 2. The highest BCUT2D eigenvalue weighted by Crippen LogP contribution is 2.22. The van der Waals surface area contributed by atoms with Crippen LogP contribution in [0.4, 0.5) is 15.3 Å². The number of ether oxygens (including phenoxy) is 2. The van der Waals surface area contributed by atoms with Crippen LogP contribution >= 0.6 is 0 Å². The summed E-state index contributed by atoms with van der Waals surface area (Å²) in [5.41, 5.74) is 1.85. The molecule has 3 rings (SSSR count). The largest absolute Gasteiger partial charge is 0.489 e. The number of hydrogen-bond acceptors (Lipinski definition) is 5. The van der Waals surface area contributed by atoms with Gasteiger partial charge in [0, 0.05) is 18.7 Å². The molecule has 0 radical (unpaired) electrons. The van der Waals surface area contributed by atoms with Crippen molar-refractivity contribution in [2.24, 2.45) is 0 Å². The summed E-state index contributed by atoms with van der Waals surface area (Å²) in [4.78, 5) is 30.7. The van der Waals surface area contributed by atoms with Crippen LogP contribution in [0.25, 0.3) is 0 Å². The molecule has 2 N–H and O–H groups in total. The fourth-order valence-corrected chi connectivity index (χ4v) is 3.16. The minimum Gasteiger partial charge on any atom is -0.489 e. The number of amides is 3. The zero-order valence-electron chi connectivity index (χ0n) is 18.5. The molecule has 1 aliphatic heterocycles. The summed E-state index contributed by atoms with van der Waals surface area (Å²) >= 11 is 0. The fourth-order valence-electron chi connectivity index (χ4n) is 3.16. The van der Waals surface area contributed by atoms with Gasteiger partial charge >= 0.3 is 12.1 Å². The molecule has 2 heterocycles. The number of anilines is 1. The van der Waals surface area contributed by atoms with Gasteiger partial charge in [-0.15, -0.1) is 0 Å². The number of carbonyl (C=O) groups is 2. The number of para-hydroxylation sites is 1. The second-order valence-corrected chi connectivity index (χ2v) is 8.56. The Morgan fingerprint density at radius 3 is 2.68 bits per heavy atom. The molecule has 0 spiro atoms. The van der Waals surface area contributed by atoms with Gasteiger partial charge in [-0.1, -0.05) is 18.2 Å². The number of fused-ring (bicyclic) bond motifs is 1. The van der Waals surface area contributed by atoms with Crippen LogP contribution in [0.2, 0.25) is 0 Å². The van der Waals surface area contributed by atoms with E-state index in [1.807, 2.05) is 64.1 Å². The quantitative estimate of drug-likeness (QED) is 0.755. The predicted molar refractivity (Wildman–Crippen MR) is 118 cm³/mol. The van der Waals surface area contributed by atoms with Crippen molar-refractivity contribution < 1.29 is 19.1 Å². The zero-order chi connectivity index (χ0) is 22.4. The molecular weight excluding hydrogens is 396 g/mol. The Kier molecular flexibility index (Phi) is 6.99. The molecule has 1 aromatic carbocycles. The number of benzene rings is 1. The van der Waals surface area contributed by atoms with Gasteiger partial charge in [-0.3, -0.25) is 4.98 Å². The van der Waals surface area contributed by atoms with Crippen LogP contribution in [0, 0.1) is 0 Å². The first-order valence-corrected chi connectivity index (χ1v) is 10.4. The Morgan fingerprint density at radius 1 is 1.23 bits per heavy atom. The minimum absolute atomic E-state index is 0.183. The molecule has 166 valence electrons. The highest BCUT2D eigenvalue weighted by molar-refractivity contribution is 5.89. The molecule has 31 heavy (non-hydrogen) atoms. The Morgan fingerprint density at radius 2 is 1.97 bits per heavy atom. The topological polar surface area (TPSA) is 92.8 Å². The summed E-state index contributed by atoms with van der Waals surface area (Å²) in [6.07, 6.45) is 1.75. The molecule has 0 saturated heterocycles. The van der Waals surface area contributed by atoms with Crippen LogP contribution in [0.1, 0.15) is 39.0 Å². The van der Waals surface area contributed by atoms with Gasteiger partial charge in [0.2, 0.25) is 0 Å². The van der Waals surface area contributed by atoms with Crippen molar-refractivity contribution in [3.8, 4) is 5.75 Å². The standard InChI is InChI=1S/C23H30N4O4/c1-16(30-19-8-6-5-7-9-19)13-25-21(28)26-18-12-17-15-27(11-10-20(17)24-14-18)22(29)31-23(2,3)4/h5-9,12,14,16H,10-11,13,15H2,1-4H3,(H2,25,26,28). The van der Waals surface area contributed by atoms with Crippen molar-refractivity contribution in [2.45, 2.75) is 52.4 Å². The van der Waals surface area contributed by atoms with Gasteiger partial charge < -0.3 is 25.0 Å². The lowest BCUT2D eigenvalue weighted by Crippen LogP contribution is -2.40. The Hall–Kier alpha value is -3.29. The van der Waals surface area contributed by atoms with Crippen LogP contribution in [0.3, 0.4) is 0 Å². The first kappa shape index (κ1) is 22.4. The fraction of sp³-hybridized carbons (Fsp3) is 0.435. The Bertz CT molecular complexity index is 912. The van der Waals surface area contributed by atoms with E-state index in [0.717, 1.165) is 17.0 Å². The van der Waals surface area contributed by atoms with Crippen LogP contribution in [0.15, 0.2) is 42.6 Å². The summed E-state index contributed by atoms with van der Waals surface area (Å²) in [7, 11) is 0. The number of nitrogens with one attached hydrogen (secondary N) is 2. The average Bonchev–Trinajstić information content (AvgIpc) is 2.71. The molecular formula is C23H30N4O4. The van der Waals surface area contributed by atoms with E-state index in [2.05, 4.69) is 15.6 Å². The normalized spacial score (nSPS) is 14.3. The lowest BCUT2D eigenvalue weighted by atomic mass is 10.1. The summed E-state index contributed by atoms with van der Waals surface area (Å²) < 4.78 is 11.2. The molecule has 0 saturated carbocycles. The number of carbonyl (C=O) groups excluding carboxylic acids is 2. The molecule has 1 aliphatic rings. The van der Waals surface area contributed by atoms with E-state index < -0.39 is 5.60 Å². The maximum atomic E-state index is 12.4. The van der Waals surface area contributed by atoms with Crippen LogP contribution in [-0.4, -0.2) is 46.8 Å². The Labute approximate surface area is 182 Å². The molecule has 1 unspecified atom stereocenters. The van der Waals surface area contributed by atoms with E-state index in [1.54, 1.807) is 11.1 Å². The number of nitrogens with zero attached hydrogens (tertiary/aromatic N) is 2. The summed E-state index contributed by atoms with van der Waals surface area (Å²) in [6, 6.07) is 11.0. The van der Waals surface area contributed by atoms with Gasteiger partial charge in [0.25, 0.3) is 0 Å². The predicted octanol–water partition coefficient (Wildman–Crippen LogP) is 3.96. The van der Waals surface area contributed by atoms with Gasteiger partial charge in [-0.2, -0.15) is 0 Å². The van der Waals surface area contributed by atoms with Gasteiger partial charge in [-0.25, -0.2) is 9.59 Å². The number of aromatic nitrogens is 1. The number of pyridine rings is 1. The van der Waals surface area contributed by atoms with E-state index >= 15 is 0 Å². The van der Waals surface area contributed by atoms with Crippen molar-refractivity contribution in [3.63, 3.8) is 0 Å². The third-order valence-electron chi connectivity index (χ3n) is 4.58. The molecule has 8 heteroatoms. The van der Waals surface area contributed by atoms with Crippen molar-refractivity contribution in [1.29, 1.82) is 0 Å². The molecule has 8 nitrogen and oxygen atoms in total. The maximum absolute atomic E-state index is 12.4. The van der Waals surface area contributed by atoms with Crippen molar-refractivity contribution in [2.75, 3.05) is 18.4 Å². The first-order chi connectivity index (χ1) is 14.7. The SMILES string of the molecule is CC(CNC(=O)Nc1cnc2c(c1)CN(C(=O)OC(C)(C)C)CC2)Oc1ccccc1. The molecule has 0 bridgehead atoms. The molecule has 3 amide bonds. The first-order valence-electron chi connectivity index (χ1n) is 10.4. The second kappa shape index (κ2) is 9.68. The van der Waals surface area contributed by atoms with Gasteiger partial charge in [-0.05, 0) is 51.5 Å². The summed E-state index contributed by atoms with van der Waals surface area (Å²) in [6.45, 7) is 8.73. The van der Waals surface area contributed by atoms with E-state index in [0.29, 0.717) is 31.7 Å². The van der Waals surface area contributed by atoms with Gasteiger partial charge in [0.15, 0.2) is 0 Å². The monoisotopic (exact) mass is 426 g/mol. The summed E-state index contributed by atoms with van der Waals surface area (Å²) in [5.74, 6) is 0.755. The van der Waals surface area contributed by atoms with Crippen molar-refractivity contribution in [1.82, 2.24) is 15.2 Å². The van der Waals surface area contributed by atoms with E-state index in [9.17, 15) is 9.59 Å². The van der Waals surface area contributed by atoms with Gasteiger partial charge in [0.05, 0.1) is 25.0 Å². The molecule has 1 aromatic heterocycles. The maximum Gasteiger partial charge on any atom is 0.410 e. The van der Waals surface area contributed by atoms with E-state index in [-0.39, 0.29) is 18.2 Å². The lowest BCUT2D eigenvalue weighted by Gasteiger charge is -2.31. The third-order valence-corrected chi connectivity index (χ3v) is 4.58.